The Labute approximate surface area is 114 Å². The molecule has 6 heteroatoms. The van der Waals surface area contributed by atoms with E-state index in [2.05, 4.69) is 36.1 Å². The Hall–Kier alpha value is -1.56. The first-order valence-corrected chi connectivity index (χ1v) is 6.23. The van der Waals surface area contributed by atoms with Crippen molar-refractivity contribution in [3.63, 3.8) is 0 Å². The van der Waals surface area contributed by atoms with Crippen LogP contribution in [0.15, 0.2) is 6.07 Å². The summed E-state index contributed by atoms with van der Waals surface area (Å²) in [5.74, 6) is 1.21. The van der Waals surface area contributed by atoms with Gasteiger partial charge in [0.1, 0.15) is 0 Å². The monoisotopic (exact) mass is 269 g/mol. The summed E-state index contributed by atoms with van der Waals surface area (Å²) in [6, 6.07) is 1.59. The second kappa shape index (κ2) is 6.56. The van der Waals surface area contributed by atoms with Crippen molar-refractivity contribution in [2.75, 3.05) is 26.1 Å². The van der Waals surface area contributed by atoms with E-state index >= 15 is 0 Å². The maximum absolute atomic E-state index is 9.92. The average molecular weight is 269 g/mol. The molecule has 1 aromatic rings. The lowest BCUT2D eigenvalue weighted by Gasteiger charge is -2.22. The molecule has 0 saturated carbocycles. The van der Waals surface area contributed by atoms with Crippen LogP contribution >= 0.6 is 0 Å². The van der Waals surface area contributed by atoms with Crippen LogP contribution in [0.2, 0.25) is 0 Å². The maximum atomic E-state index is 9.92. The molecule has 0 aliphatic heterocycles. The number of methoxy groups -OCH3 is 2. The summed E-state index contributed by atoms with van der Waals surface area (Å²) in [5.41, 5.74) is 0.0774. The second-order valence-electron chi connectivity index (χ2n) is 5.58. The molecule has 1 heterocycles. The molecule has 0 amide bonds. The highest BCUT2D eigenvalue weighted by Gasteiger charge is 2.17. The smallest absolute Gasteiger partial charge is 0.229 e. The third-order valence-corrected chi connectivity index (χ3v) is 2.44. The van der Waals surface area contributed by atoms with Crippen LogP contribution in [0, 0.1) is 5.41 Å². The standard InChI is InChI=1S/C13H23N3O3/c1-13(2,3)7-9(17)8-14-12-15-10(18-4)6-11(16-12)19-5/h6,9,17H,7-8H2,1-5H3,(H,14,15,16). The van der Waals surface area contributed by atoms with E-state index < -0.39 is 6.10 Å². The van der Waals surface area contributed by atoms with Crippen LogP contribution in [0.5, 0.6) is 11.8 Å². The highest BCUT2D eigenvalue weighted by Crippen LogP contribution is 2.21. The van der Waals surface area contributed by atoms with Gasteiger partial charge in [-0.05, 0) is 11.8 Å². The van der Waals surface area contributed by atoms with Gasteiger partial charge in [-0.3, -0.25) is 0 Å². The Morgan fingerprint density at radius 1 is 1.21 bits per heavy atom. The molecule has 0 radical (unpaired) electrons. The third-order valence-electron chi connectivity index (χ3n) is 2.44. The lowest BCUT2D eigenvalue weighted by molar-refractivity contribution is 0.132. The number of aliphatic hydroxyl groups excluding tert-OH is 1. The first-order chi connectivity index (χ1) is 8.84. The largest absolute Gasteiger partial charge is 0.481 e. The summed E-state index contributed by atoms with van der Waals surface area (Å²) < 4.78 is 10.1. The maximum Gasteiger partial charge on any atom is 0.229 e. The molecule has 1 rings (SSSR count). The minimum Gasteiger partial charge on any atom is -0.481 e. The number of hydrogen-bond donors (Lipinski definition) is 2. The molecular weight excluding hydrogens is 246 g/mol. The van der Waals surface area contributed by atoms with Gasteiger partial charge in [0.2, 0.25) is 17.7 Å². The zero-order chi connectivity index (χ0) is 14.5. The van der Waals surface area contributed by atoms with Crippen molar-refractivity contribution >= 4 is 5.95 Å². The van der Waals surface area contributed by atoms with Crippen molar-refractivity contribution in [2.45, 2.75) is 33.3 Å². The average Bonchev–Trinajstić information content (AvgIpc) is 2.33. The fourth-order valence-corrected chi connectivity index (χ4v) is 1.68. The summed E-state index contributed by atoms with van der Waals surface area (Å²) in [6.07, 6.45) is 0.238. The van der Waals surface area contributed by atoms with Gasteiger partial charge in [-0.1, -0.05) is 20.8 Å². The predicted molar refractivity (Wildman–Crippen MR) is 73.7 cm³/mol. The number of anilines is 1. The Balaban J connectivity index is 2.62. The SMILES string of the molecule is COc1cc(OC)nc(NCC(O)CC(C)(C)C)n1. The highest BCUT2D eigenvalue weighted by molar-refractivity contribution is 5.33. The minimum absolute atomic E-state index is 0.0774. The van der Waals surface area contributed by atoms with E-state index in [1.165, 1.54) is 14.2 Å². The summed E-state index contributed by atoms with van der Waals surface area (Å²) in [5, 5.41) is 12.9. The molecule has 108 valence electrons. The molecule has 1 unspecified atom stereocenters. The third kappa shape index (κ3) is 5.74. The molecular formula is C13H23N3O3. The molecule has 1 atom stereocenters. The Morgan fingerprint density at radius 2 is 1.74 bits per heavy atom. The van der Waals surface area contributed by atoms with Crippen LogP contribution in [0.25, 0.3) is 0 Å². The molecule has 1 aromatic heterocycles. The molecule has 0 aromatic carbocycles. The summed E-state index contributed by atoms with van der Waals surface area (Å²) >= 11 is 0. The molecule has 0 aliphatic carbocycles. The van der Waals surface area contributed by atoms with E-state index in [4.69, 9.17) is 9.47 Å². The molecule has 0 bridgehead atoms. The lowest BCUT2D eigenvalue weighted by Crippen LogP contribution is -2.25. The number of hydrogen-bond acceptors (Lipinski definition) is 6. The number of rotatable bonds is 6. The number of nitrogens with zero attached hydrogens (tertiary/aromatic N) is 2. The molecule has 19 heavy (non-hydrogen) atoms. The predicted octanol–water partition coefficient (Wildman–Crippen LogP) is 1.70. The number of aliphatic hydroxyl groups is 1. The number of aromatic nitrogens is 2. The molecule has 0 spiro atoms. The van der Waals surface area contributed by atoms with E-state index in [0.717, 1.165) is 0 Å². The van der Waals surface area contributed by atoms with Crippen LogP contribution in [0.3, 0.4) is 0 Å². The fraction of sp³-hybridized carbons (Fsp3) is 0.692. The van der Waals surface area contributed by atoms with E-state index in [0.29, 0.717) is 30.7 Å². The van der Waals surface area contributed by atoms with E-state index in [-0.39, 0.29) is 5.41 Å². The molecule has 0 fully saturated rings. The van der Waals surface area contributed by atoms with Gasteiger partial charge in [-0.25, -0.2) is 0 Å². The van der Waals surface area contributed by atoms with Gasteiger partial charge in [0.05, 0.1) is 26.4 Å². The Kier molecular flexibility index (Phi) is 5.35. The van der Waals surface area contributed by atoms with Gasteiger partial charge in [-0.2, -0.15) is 9.97 Å². The van der Waals surface area contributed by atoms with Gasteiger partial charge in [0.25, 0.3) is 0 Å². The summed E-state index contributed by atoms with van der Waals surface area (Å²) in [6.45, 7) is 6.64. The fourth-order valence-electron chi connectivity index (χ4n) is 1.68. The van der Waals surface area contributed by atoms with Crippen molar-refractivity contribution in [2.24, 2.45) is 5.41 Å². The van der Waals surface area contributed by atoms with Crippen LogP contribution in [-0.2, 0) is 0 Å². The first kappa shape index (κ1) is 15.5. The van der Waals surface area contributed by atoms with Gasteiger partial charge in [-0.15, -0.1) is 0 Å². The summed E-state index contributed by atoms with van der Waals surface area (Å²) in [7, 11) is 3.06. The van der Waals surface area contributed by atoms with Crippen molar-refractivity contribution in [3.8, 4) is 11.8 Å². The van der Waals surface area contributed by atoms with E-state index in [1.54, 1.807) is 6.07 Å². The van der Waals surface area contributed by atoms with Crippen molar-refractivity contribution in [1.82, 2.24) is 9.97 Å². The topological polar surface area (TPSA) is 76.5 Å². The van der Waals surface area contributed by atoms with E-state index in [9.17, 15) is 5.11 Å². The van der Waals surface area contributed by atoms with Crippen LogP contribution in [0.4, 0.5) is 5.95 Å². The highest BCUT2D eigenvalue weighted by atomic mass is 16.5. The summed E-state index contributed by atoms with van der Waals surface area (Å²) in [4.78, 5) is 8.27. The molecule has 0 aliphatic rings. The molecule has 6 nitrogen and oxygen atoms in total. The van der Waals surface area contributed by atoms with Gasteiger partial charge in [0.15, 0.2) is 0 Å². The van der Waals surface area contributed by atoms with Crippen molar-refractivity contribution in [3.05, 3.63) is 6.07 Å². The zero-order valence-electron chi connectivity index (χ0n) is 12.2. The molecule has 2 N–H and O–H groups in total. The zero-order valence-corrected chi connectivity index (χ0v) is 12.2. The second-order valence-corrected chi connectivity index (χ2v) is 5.58. The Bertz CT molecular complexity index is 382. The Morgan fingerprint density at radius 3 is 2.16 bits per heavy atom. The normalized spacial score (nSPS) is 12.9. The first-order valence-electron chi connectivity index (χ1n) is 6.23. The van der Waals surface area contributed by atoms with Crippen LogP contribution < -0.4 is 14.8 Å². The lowest BCUT2D eigenvalue weighted by atomic mass is 9.89. The van der Waals surface area contributed by atoms with Crippen molar-refractivity contribution in [1.29, 1.82) is 0 Å². The van der Waals surface area contributed by atoms with Crippen molar-refractivity contribution < 1.29 is 14.6 Å². The van der Waals surface area contributed by atoms with Gasteiger partial charge < -0.3 is 19.9 Å². The number of ether oxygens (including phenoxy) is 2. The molecule has 0 saturated heterocycles. The van der Waals surface area contributed by atoms with Gasteiger partial charge >= 0.3 is 0 Å². The quantitative estimate of drug-likeness (QED) is 0.818. The van der Waals surface area contributed by atoms with E-state index in [1.807, 2.05) is 0 Å². The minimum atomic E-state index is -0.458. The number of nitrogens with one attached hydrogen (secondary N) is 1. The van der Waals surface area contributed by atoms with Crippen LogP contribution in [-0.4, -0.2) is 41.9 Å². The van der Waals surface area contributed by atoms with Gasteiger partial charge in [0, 0.05) is 6.54 Å². The van der Waals surface area contributed by atoms with Crippen LogP contribution in [0.1, 0.15) is 27.2 Å².